The molecule has 12 heavy (non-hydrogen) atoms. The van der Waals surface area contributed by atoms with Crippen molar-refractivity contribution < 1.29 is 4.79 Å². The number of hydrogen-bond donors (Lipinski definition) is 2. The largest absolute Gasteiger partial charge is 0.287 e. The van der Waals surface area contributed by atoms with Crippen molar-refractivity contribution in [2.45, 2.75) is 40.2 Å². The number of rotatable bonds is 2. The molecule has 3 heteroatoms. The fraction of sp³-hybridized carbons (Fsp3) is 0.667. The second-order valence-electron chi connectivity index (χ2n) is 4.09. The maximum Gasteiger partial charge on any atom is 0.258 e. The Hall–Kier alpha value is -0.830. The summed E-state index contributed by atoms with van der Waals surface area (Å²) in [4.78, 5) is 11.1. The molecule has 0 spiro atoms. The number of allylic oxidation sites excluding steroid dienone is 1. The van der Waals surface area contributed by atoms with Gasteiger partial charge in [-0.15, -0.1) is 0 Å². The van der Waals surface area contributed by atoms with Crippen LogP contribution in [-0.2, 0) is 4.79 Å². The van der Waals surface area contributed by atoms with Gasteiger partial charge in [0.25, 0.3) is 5.91 Å². The van der Waals surface area contributed by atoms with Crippen LogP contribution in [0.1, 0.15) is 34.6 Å². The number of hydrazine groups is 1. The molecule has 3 nitrogen and oxygen atoms in total. The predicted molar refractivity (Wildman–Crippen MR) is 50.5 cm³/mol. The Kier molecular flexibility index (Phi) is 3.96. The molecule has 0 rings (SSSR count). The highest BCUT2D eigenvalue weighted by Crippen LogP contribution is 1.95. The van der Waals surface area contributed by atoms with E-state index in [1.165, 1.54) is 0 Å². The normalized spacial score (nSPS) is 10.8. The van der Waals surface area contributed by atoms with Crippen LogP contribution in [0, 0.1) is 0 Å². The molecular weight excluding hydrogens is 152 g/mol. The monoisotopic (exact) mass is 170 g/mol. The van der Waals surface area contributed by atoms with Gasteiger partial charge in [0.2, 0.25) is 0 Å². The lowest BCUT2D eigenvalue weighted by molar-refractivity contribution is -0.118. The van der Waals surface area contributed by atoms with Gasteiger partial charge >= 0.3 is 0 Å². The van der Waals surface area contributed by atoms with Crippen LogP contribution in [0.3, 0.4) is 0 Å². The molecule has 70 valence electrons. The van der Waals surface area contributed by atoms with Crippen molar-refractivity contribution in [3.05, 3.63) is 11.6 Å². The van der Waals surface area contributed by atoms with Crippen molar-refractivity contribution in [2.75, 3.05) is 0 Å². The van der Waals surface area contributed by atoms with Gasteiger partial charge in [-0.1, -0.05) is 5.57 Å². The minimum atomic E-state index is -0.107. The number of amides is 1. The SMILES string of the molecule is CC(C)=CC(=O)NNC(C)(C)C. The number of carbonyl (C=O) groups excluding carboxylic acids is 1. The second-order valence-corrected chi connectivity index (χ2v) is 4.09. The van der Waals surface area contributed by atoms with E-state index in [1.807, 2.05) is 34.6 Å². The third kappa shape index (κ3) is 7.28. The third-order valence-electron chi connectivity index (χ3n) is 0.980. The summed E-state index contributed by atoms with van der Waals surface area (Å²) in [6, 6.07) is 0. The molecular formula is C9H18N2O. The van der Waals surface area contributed by atoms with Gasteiger partial charge in [0.15, 0.2) is 0 Å². The van der Waals surface area contributed by atoms with Gasteiger partial charge < -0.3 is 0 Å². The zero-order valence-electron chi connectivity index (χ0n) is 8.49. The fourth-order valence-corrected chi connectivity index (χ4v) is 0.547. The molecule has 0 aromatic rings. The average Bonchev–Trinajstić information content (AvgIpc) is 1.80. The molecule has 0 aliphatic rings. The van der Waals surface area contributed by atoms with Gasteiger partial charge in [0.05, 0.1) is 0 Å². The Morgan fingerprint density at radius 3 is 2.08 bits per heavy atom. The molecule has 1 amide bonds. The van der Waals surface area contributed by atoms with Gasteiger partial charge in [-0.2, -0.15) is 0 Å². The highest BCUT2D eigenvalue weighted by atomic mass is 16.2. The first-order valence-electron chi connectivity index (χ1n) is 4.03. The lowest BCUT2D eigenvalue weighted by Gasteiger charge is -2.20. The van der Waals surface area contributed by atoms with Gasteiger partial charge in [-0.25, -0.2) is 5.43 Å². The van der Waals surface area contributed by atoms with Crippen LogP contribution in [-0.4, -0.2) is 11.4 Å². The molecule has 0 aromatic heterocycles. The van der Waals surface area contributed by atoms with Crippen LogP contribution in [0.25, 0.3) is 0 Å². The van der Waals surface area contributed by atoms with E-state index < -0.39 is 0 Å². The van der Waals surface area contributed by atoms with Gasteiger partial charge in [0, 0.05) is 11.6 Å². The van der Waals surface area contributed by atoms with Crippen LogP contribution in [0.4, 0.5) is 0 Å². The van der Waals surface area contributed by atoms with Crippen LogP contribution >= 0.6 is 0 Å². The molecule has 0 aliphatic heterocycles. The van der Waals surface area contributed by atoms with Crippen molar-refractivity contribution in [2.24, 2.45) is 0 Å². The topological polar surface area (TPSA) is 41.1 Å². The molecule has 0 aliphatic carbocycles. The van der Waals surface area contributed by atoms with Crippen LogP contribution in [0.15, 0.2) is 11.6 Å². The summed E-state index contributed by atoms with van der Waals surface area (Å²) in [6.07, 6.45) is 1.55. The maximum absolute atomic E-state index is 11.1. The van der Waals surface area contributed by atoms with Crippen molar-refractivity contribution in [3.8, 4) is 0 Å². The molecule has 0 fully saturated rings. The molecule has 0 bridgehead atoms. The maximum atomic E-state index is 11.1. The van der Waals surface area contributed by atoms with Gasteiger partial charge in [-0.05, 0) is 34.6 Å². The second kappa shape index (κ2) is 4.26. The Morgan fingerprint density at radius 1 is 1.25 bits per heavy atom. The van der Waals surface area contributed by atoms with Gasteiger partial charge in [-0.3, -0.25) is 10.2 Å². The van der Waals surface area contributed by atoms with E-state index in [4.69, 9.17) is 0 Å². The lowest BCUT2D eigenvalue weighted by atomic mass is 10.1. The molecule has 0 aromatic carbocycles. The van der Waals surface area contributed by atoms with Crippen LogP contribution in [0.5, 0.6) is 0 Å². The van der Waals surface area contributed by atoms with E-state index in [9.17, 15) is 4.79 Å². The number of carbonyl (C=O) groups is 1. The van der Waals surface area contributed by atoms with E-state index in [0.29, 0.717) is 0 Å². The molecule has 2 N–H and O–H groups in total. The van der Waals surface area contributed by atoms with E-state index in [-0.39, 0.29) is 11.4 Å². The first-order chi connectivity index (χ1) is 5.31. The molecule has 0 saturated heterocycles. The summed E-state index contributed by atoms with van der Waals surface area (Å²) < 4.78 is 0. The minimum Gasteiger partial charge on any atom is -0.287 e. The molecule has 0 saturated carbocycles. The van der Waals surface area contributed by atoms with Crippen LogP contribution in [0.2, 0.25) is 0 Å². The summed E-state index contributed by atoms with van der Waals surface area (Å²) in [7, 11) is 0. The Bertz CT molecular complexity index is 185. The van der Waals surface area contributed by atoms with E-state index >= 15 is 0 Å². The quantitative estimate of drug-likeness (QED) is 0.485. The molecule has 0 radical (unpaired) electrons. The van der Waals surface area contributed by atoms with Crippen LogP contribution < -0.4 is 10.9 Å². The summed E-state index contributed by atoms with van der Waals surface area (Å²) in [5.41, 5.74) is 6.37. The first-order valence-corrected chi connectivity index (χ1v) is 4.03. The van der Waals surface area contributed by atoms with Gasteiger partial charge in [0.1, 0.15) is 0 Å². The number of nitrogens with one attached hydrogen (secondary N) is 2. The van der Waals surface area contributed by atoms with Crippen molar-refractivity contribution >= 4 is 5.91 Å². The fourth-order valence-electron chi connectivity index (χ4n) is 0.547. The molecule has 0 heterocycles. The van der Waals surface area contributed by atoms with Crippen molar-refractivity contribution in [3.63, 3.8) is 0 Å². The molecule has 0 atom stereocenters. The summed E-state index contributed by atoms with van der Waals surface area (Å²) in [6.45, 7) is 9.72. The zero-order valence-corrected chi connectivity index (χ0v) is 8.49. The average molecular weight is 170 g/mol. The Labute approximate surface area is 74.2 Å². The standard InChI is InChI=1S/C9H18N2O/c1-7(2)6-8(12)10-11-9(3,4)5/h6,11H,1-5H3,(H,10,12). The van der Waals surface area contributed by atoms with E-state index in [2.05, 4.69) is 10.9 Å². The summed E-state index contributed by atoms with van der Waals surface area (Å²) in [5.74, 6) is -0.107. The lowest BCUT2D eigenvalue weighted by Crippen LogP contribution is -2.48. The predicted octanol–water partition coefficient (Wildman–Crippen LogP) is 1.37. The Morgan fingerprint density at radius 2 is 1.75 bits per heavy atom. The minimum absolute atomic E-state index is 0.0921. The van der Waals surface area contributed by atoms with Crippen molar-refractivity contribution in [1.82, 2.24) is 10.9 Å². The first kappa shape index (κ1) is 11.2. The molecule has 0 unspecified atom stereocenters. The summed E-state index contributed by atoms with van der Waals surface area (Å²) >= 11 is 0. The van der Waals surface area contributed by atoms with Crippen molar-refractivity contribution in [1.29, 1.82) is 0 Å². The summed E-state index contributed by atoms with van der Waals surface area (Å²) in [5, 5.41) is 0. The smallest absolute Gasteiger partial charge is 0.258 e. The highest BCUT2D eigenvalue weighted by molar-refractivity contribution is 5.87. The van der Waals surface area contributed by atoms with E-state index in [0.717, 1.165) is 5.57 Å². The number of hydrogen-bond acceptors (Lipinski definition) is 2. The zero-order chi connectivity index (χ0) is 9.78. The third-order valence-corrected chi connectivity index (χ3v) is 0.980. The highest BCUT2D eigenvalue weighted by Gasteiger charge is 2.08. The van der Waals surface area contributed by atoms with E-state index in [1.54, 1.807) is 6.08 Å². The Balaban J connectivity index is 3.81.